The number of Topliss-reactive ketones (excluding diaryl/α,β-unsaturated/α-hetero) is 1. The third-order valence-corrected chi connectivity index (χ3v) is 6.19. The smallest absolute Gasteiger partial charge is 0.248 e. The summed E-state index contributed by atoms with van der Waals surface area (Å²) in [6.45, 7) is 3.51. The van der Waals surface area contributed by atoms with Crippen molar-refractivity contribution in [2.24, 2.45) is 0 Å². The van der Waals surface area contributed by atoms with Crippen LogP contribution in [0.15, 0.2) is 35.4 Å². The highest BCUT2D eigenvalue weighted by Crippen LogP contribution is 2.29. The first-order valence-corrected chi connectivity index (χ1v) is 10.7. The summed E-state index contributed by atoms with van der Waals surface area (Å²) in [5.74, 6) is 1.14. The zero-order chi connectivity index (χ0) is 21.0. The van der Waals surface area contributed by atoms with Crippen LogP contribution in [0.3, 0.4) is 0 Å². The molecule has 0 aliphatic rings. The van der Waals surface area contributed by atoms with Gasteiger partial charge in [-0.3, -0.25) is 9.59 Å². The molecule has 0 saturated heterocycles. The van der Waals surface area contributed by atoms with Gasteiger partial charge in [0.1, 0.15) is 22.7 Å². The van der Waals surface area contributed by atoms with Crippen LogP contribution in [-0.4, -0.2) is 45.7 Å². The number of fused-ring (bicyclic) bond motifs is 1. The molecule has 1 amide bonds. The minimum absolute atomic E-state index is 0.0135. The first-order valence-electron chi connectivity index (χ1n) is 8.90. The van der Waals surface area contributed by atoms with Crippen LogP contribution in [0.5, 0.6) is 5.75 Å². The molecule has 3 rings (SSSR count). The summed E-state index contributed by atoms with van der Waals surface area (Å²) in [7, 11) is 1.60. The lowest BCUT2D eigenvalue weighted by atomic mass is 10.2. The number of carbonyl (C=O) groups is 2. The van der Waals surface area contributed by atoms with Crippen LogP contribution >= 0.6 is 23.1 Å². The predicted octanol–water partition coefficient (Wildman–Crippen LogP) is 2.98. The number of aryl methyl sites for hydroxylation is 1. The molecular weight excluding hydrogens is 410 g/mol. The van der Waals surface area contributed by atoms with Gasteiger partial charge in [0.2, 0.25) is 5.91 Å². The molecule has 3 aromatic rings. The maximum atomic E-state index is 12.6. The molecule has 2 N–H and O–H groups in total. The number of benzene rings is 1. The van der Waals surface area contributed by atoms with E-state index in [1.807, 2.05) is 25.1 Å². The number of hydrogen-bond donors (Lipinski definition) is 2. The number of aromatic nitrogens is 2. The molecule has 0 saturated carbocycles. The summed E-state index contributed by atoms with van der Waals surface area (Å²) in [6, 6.07) is 9.15. The van der Waals surface area contributed by atoms with Crippen molar-refractivity contribution in [2.75, 3.05) is 12.9 Å². The first kappa shape index (κ1) is 21.2. The summed E-state index contributed by atoms with van der Waals surface area (Å²) in [6.07, 6.45) is -1.06. The number of aliphatic hydroxyl groups excluding tert-OH is 1. The lowest BCUT2D eigenvalue weighted by Crippen LogP contribution is -2.31. The number of methoxy groups -OCH3 is 1. The molecule has 152 valence electrons. The van der Waals surface area contributed by atoms with Crippen molar-refractivity contribution in [3.8, 4) is 5.75 Å². The van der Waals surface area contributed by atoms with Gasteiger partial charge in [0.25, 0.3) is 0 Å². The Balaban J connectivity index is 1.69. The van der Waals surface area contributed by atoms with Gasteiger partial charge >= 0.3 is 0 Å². The SMILES string of the molecule is COc1ccc2nc(C)nc(SCC(=O)c3ccc(CNC(=O)[C@@H](C)O)s3)c2c1. The summed E-state index contributed by atoms with van der Waals surface area (Å²) in [4.78, 5) is 34.5. The van der Waals surface area contributed by atoms with E-state index in [1.54, 1.807) is 19.2 Å². The largest absolute Gasteiger partial charge is 0.497 e. The molecule has 0 unspecified atom stereocenters. The number of rotatable bonds is 8. The van der Waals surface area contributed by atoms with Crippen LogP contribution < -0.4 is 10.1 Å². The Labute approximate surface area is 176 Å². The highest BCUT2D eigenvalue weighted by molar-refractivity contribution is 8.00. The van der Waals surface area contributed by atoms with Crippen LogP contribution in [0.1, 0.15) is 27.3 Å². The fraction of sp³-hybridized carbons (Fsp3) is 0.300. The molecule has 2 heterocycles. The van der Waals surface area contributed by atoms with E-state index in [0.717, 1.165) is 20.8 Å². The van der Waals surface area contributed by atoms with E-state index in [2.05, 4.69) is 15.3 Å². The van der Waals surface area contributed by atoms with Crippen molar-refractivity contribution in [2.45, 2.75) is 31.5 Å². The normalized spacial score (nSPS) is 12.0. The first-order chi connectivity index (χ1) is 13.9. The van der Waals surface area contributed by atoms with Crippen LogP contribution in [0.25, 0.3) is 10.9 Å². The van der Waals surface area contributed by atoms with E-state index in [0.29, 0.717) is 16.5 Å². The standard InChI is InChI=1S/C20H21N3O4S2/c1-11(24)19(26)21-9-14-5-7-18(29-14)17(25)10-28-20-15-8-13(27-3)4-6-16(15)22-12(2)23-20/h4-8,11,24H,9-10H2,1-3H3,(H,21,26)/t11-/m1/s1. The lowest BCUT2D eigenvalue weighted by Gasteiger charge is -2.08. The third kappa shape index (κ3) is 5.31. The molecule has 0 radical (unpaired) electrons. The van der Waals surface area contributed by atoms with E-state index < -0.39 is 12.0 Å². The zero-order valence-electron chi connectivity index (χ0n) is 16.3. The number of thiophene rings is 1. The Morgan fingerprint density at radius 2 is 2.07 bits per heavy atom. The number of thioether (sulfide) groups is 1. The number of amides is 1. The Kier molecular flexibility index (Phi) is 6.83. The molecule has 1 atom stereocenters. The minimum Gasteiger partial charge on any atom is -0.497 e. The fourth-order valence-electron chi connectivity index (χ4n) is 2.58. The van der Waals surface area contributed by atoms with E-state index in [1.165, 1.54) is 30.0 Å². The highest BCUT2D eigenvalue weighted by atomic mass is 32.2. The van der Waals surface area contributed by atoms with Crippen molar-refractivity contribution < 1.29 is 19.4 Å². The molecule has 7 nitrogen and oxygen atoms in total. The Morgan fingerprint density at radius 3 is 2.79 bits per heavy atom. The Bertz CT molecular complexity index is 1050. The number of ether oxygens (including phenoxy) is 1. The zero-order valence-corrected chi connectivity index (χ0v) is 17.9. The second-order valence-electron chi connectivity index (χ2n) is 6.33. The van der Waals surface area contributed by atoms with Crippen molar-refractivity contribution in [1.29, 1.82) is 0 Å². The van der Waals surface area contributed by atoms with E-state index in [9.17, 15) is 14.7 Å². The summed E-state index contributed by atoms with van der Waals surface area (Å²) < 4.78 is 5.28. The lowest BCUT2D eigenvalue weighted by molar-refractivity contribution is -0.128. The van der Waals surface area contributed by atoms with Crippen molar-refractivity contribution in [3.05, 3.63) is 45.9 Å². The molecule has 0 aliphatic carbocycles. The molecule has 2 aromatic heterocycles. The van der Waals surface area contributed by atoms with E-state index >= 15 is 0 Å². The number of nitrogens with one attached hydrogen (secondary N) is 1. The number of aliphatic hydroxyl groups is 1. The second kappa shape index (κ2) is 9.34. The van der Waals surface area contributed by atoms with Gasteiger partial charge in [-0.2, -0.15) is 0 Å². The van der Waals surface area contributed by atoms with Crippen LogP contribution in [0.4, 0.5) is 0 Å². The molecule has 0 spiro atoms. The second-order valence-corrected chi connectivity index (χ2v) is 8.46. The van der Waals surface area contributed by atoms with Crippen molar-refractivity contribution in [1.82, 2.24) is 15.3 Å². The van der Waals surface area contributed by atoms with Gasteiger partial charge in [0.05, 0.1) is 29.8 Å². The van der Waals surface area contributed by atoms with Gasteiger partial charge in [-0.05, 0) is 44.2 Å². The van der Waals surface area contributed by atoms with Crippen LogP contribution in [0, 0.1) is 6.92 Å². The number of hydrogen-bond acceptors (Lipinski definition) is 8. The van der Waals surface area contributed by atoms with Crippen LogP contribution in [0.2, 0.25) is 0 Å². The Hall–Kier alpha value is -2.49. The molecule has 0 fully saturated rings. The summed E-state index contributed by atoms with van der Waals surface area (Å²) in [5.41, 5.74) is 0.806. The average Bonchev–Trinajstić information content (AvgIpc) is 3.18. The molecule has 1 aromatic carbocycles. The third-order valence-electron chi connectivity index (χ3n) is 4.07. The summed E-state index contributed by atoms with van der Waals surface area (Å²) in [5, 5.41) is 13.4. The Morgan fingerprint density at radius 1 is 1.28 bits per heavy atom. The maximum Gasteiger partial charge on any atom is 0.248 e. The van der Waals surface area contributed by atoms with Crippen molar-refractivity contribution >= 4 is 45.7 Å². The summed E-state index contributed by atoms with van der Waals surface area (Å²) >= 11 is 2.70. The average molecular weight is 432 g/mol. The van der Waals surface area contributed by atoms with Gasteiger partial charge < -0.3 is 15.2 Å². The van der Waals surface area contributed by atoms with Crippen molar-refractivity contribution in [3.63, 3.8) is 0 Å². The van der Waals surface area contributed by atoms with E-state index in [-0.39, 0.29) is 18.1 Å². The van der Waals surface area contributed by atoms with Gasteiger partial charge in [-0.25, -0.2) is 9.97 Å². The topological polar surface area (TPSA) is 101 Å². The highest BCUT2D eigenvalue weighted by Gasteiger charge is 2.14. The van der Waals surface area contributed by atoms with Gasteiger partial charge in [-0.1, -0.05) is 11.8 Å². The van der Waals surface area contributed by atoms with Gasteiger partial charge in [0, 0.05) is 10.3 Å². The predicted molar refractivity (Wildman–Crippen MR) is 114 cm³/mol. The molecular formula is C20H21N3O4S2. The number of ketones is 1. The molecule has 0 bridgehead atoms. The van der Waals surface area contributed by atoms with Crippen LogP contribution in [-0.2, 0) is 11.3 Å². The monoisotopic (exact) mass is 431 g/mol. The quantitative estimate of drug-likeness (QED) is 0.321. The molecule has 9 heteroatoms. The van der Waals surface area contributed by atoms with Gasteiger partial charge in [-0.15, -0.1) is 11.3 Å². The number of carbonyl (C=O) groups excluding carboxylic acids is 2. The number of nitrogens with zero attached hydrogens (tertiary/aromatic N) is 2. The fourth-order valence-corrected chi connectivity index (χ4v) is 4.49. The molecule has 0 aliphatic heterocycles. The molecule has 29 heavy (non-hydrogen) atoms. The van der Waals surface area contributed by atoms with E-state index in [4.69, 9.17) is 4.74 Å². The maximum absolute atomic E-state index is 12.6. The minimum atomic E-state index is -1.06. The van der Waals surface area contributed by atoms with Gasteiger partial charge in [0.15, 0.2) is 5.78 Å².